The Balaban J connectivity index is 2.06. The summed E-state index contributed by atoms with van der Waals surface area (Å²) in [6.07, 6.45) is 3.36. The lowest BCUT2D eigenvalue weighted by atomic mass is 10.0. The number of esters is 1. The van der Waals surface area contributed by atoms with Gasteiger partial charge >= 0.3 is 5.97 Å². The number of benzene rings is 2. The van der Waals surface area contributed by atoms with E-state index in [9.17, 15) is 9.59 Å². The van der Waals surface area contributed by atoms with Gasteiger partial charge in [-0.25, -0.2) is 4.79 Å². The minimum atomic E-state index is -0.511. The summed E-state index contributed by atoms with van der Waals surface area (Å²) in [4.78, 5) is 27.6. The fourth-order valence-corrected chi connectivity index (χ4v) is 3.30. The van der Waals surface area contributed by atoms with Crippen molar-refractivity contribution in [3.63, 3.8) is 0 Å². The Bertz CT molecular complexity index is 1030. The predicted molar refractivity (Wildman–Crippen MR) is 118 cm³/mol. The van der Waals surface area contributed by atoms with E-state index in [1.165, 1.54) is 0 Å². The Kier molecular flexibility index (Phi) is 6.52. The molecule has 0 aliphatic carbocycles. The van der Waals surface area contributed by atoms with Gasteiger partial charge in [-0.1, -0.05) is 42.5 Å². The monoisotopic (exact) mass is 403 g/mol. The number of aryl methyl sites for hydroxylation is 1. The van der Waals surface area contributed by atoms with Crippen LogP contribution in [-0.4, -0.2) is 25.1 Å². The van der Waals surface area contributed by atoms with E-state index in [0.717, 1.165) is 11.1 Å². The van der Waals surface area contributed by atoms with E-state index in [0.29, 0.717) is 29.3 Å². The topological polar surface area (TPSA) is 55.8 Å². The van der Waals surface area contributed by atoms with Crippen LogP contribution in [0.4, 0.5) is 5.69 Å². The molecule has 5 nitrogen and oxygen atoms in total. The molecule has 0 unspecified atom stereocenters. The summed E-state index contributed by atoms with van der Waals surface area (Å²) in [5.74, 6) is -0.122. The maximum Gasteiger partial charge on any atom is 0.340 e. The quantitative estimate of drug-likeness (QED) is 0.378. The second kappa shape index (κ2) is 9.27. The van der Waals surface area contributed by atoms with Crippen LogP contribution in [0, 0.1) is 6.92 Å². The van der Waals surface area contributed by atoms with Gasteiger partial charge in [0.15, 0.2) is 0 Å². The molecule has 0 radical (unpaired) electrons. The van der Waals surface area contributed by atoms with Gasteiger partial charge in [-0.05, 0) is 56.7 Å². The van der Waals surface area contributed by atoms with E-state index < -0.39 is 5.97 Å². The number of hydrogen-bond donors (Lipinski definition) is 0. The molecule has 1 heterocycles. The summed E-state index contributed by atoms with van der Waals surface area (Å²) < 4.78 is 10.8. The molecule has 0 saturated carbocycles. The highest BCUT2D eigenvalue weighted by atomic mass is 16.5. The van der Waals surface area contributed by atoms with Crippen molar-refractivity contribution < 1.29 is 19.1 Å². The van der Waals surface area contributed by atoms with E-state index in [1.54, 1.807) is 30.9 Å². The van der Waals surface area contributed by atoms with Crippen LogP contribution in [-0.2, 0) is 14.3 Å². The molecule has 1 amide bonds. The van der Waals surface area contributed by atoms with Crippen LogP contribution >= 0.6 is 0 Å². The second-order valence-electron chi connectivity index (χ2n) is 6.89. The van der Waals surface area contributed by atoms with Gasteiger partial charge in [-0.2, -0.15) is 0 Å². The molecule has 0 bridgehead atoms. The molecule has 154 valence electrons. The van der Waals surface area contributed by atoms with Gasteiger partial charge < -0.3 is 9.47 Å². The molecule has 1 aliphatic heterocycles. The number of carbonyl (C=O) groups is 2. The van der Waals surface area contributed by atoms with Crippen LogP contribution in [0.5, 0.6) is 5.75 Å². The Morgan fingerprint density at radius 1 is 1.13 bits per heavy atom. The van der Waals surface area contributed by atoms with Crippen molar-refractivity contribution in [3.8, 4) is 5.75 Å². The Morgan fingerprint density at radius 2 is 1.87 bits per heavy atom. The average Bonchev–Trinajstić information content (AvgIpc) is 2.97. The number of carbonyl (C=O) groups excluding carboxylic acids is 2. The zero-order chi connectivity index (χ0) is 21.7. The van der Waals surface area contributed by atoms with Gasteiger partial charge in [0.25, 0.3) is 5.91 Å². The van der Waals surface area contributed by atoms with Crippen LogP contribution in [0.2, 0.25) is 0 Å². The highest BCUT2D eigenvalue weighted by Gasteiger charge is 2.38. The summed E-state index contributed by atoms with van der Waals surface area (Å²) in [5.41, 5.74) is 3.67. The lowest BCUT2D eigenvalue weighted by Crippen LogP contribution is -2.24. The third kappa shape index (κ3) is 4.35. The lowest BCUT2D eigenvalue weighted by molar-refractivity contribution is -0.138. The first-order valence-electron chi connectivity index (χ1n) is 9.81. The second-order valence-corrected chi connectivity index (χ2v) is 6.89. The van der Waals surface area contributed by atoms with Gasteiger partial charge in [-0.15, -0.1) is 0 Å². The van der Waals surface area contributed by atoms with Gasteiger partial charge in [0.2, 0.25) is 0 Å². The lowest BCUT2D eigenvalue weighted by Gasteiger charge is -2.18. The fourth-order valence-electron chi connectivity index (χ4n) is 3.30. The molecule has 0 fully saturated rings. The molecule has 2 aromatic rings. The number of ether oxygens (including phenoxy) is 2. The number of rotatable bonds is 7. The van der Waals surface area contributed by atoms with E-state index in [2.05, 4.69) is 6.58 Å². The maximum atomic E-state index is 13.3. The van der Waals surface area contributed by atoms with Crippen molar-refractivity contribution in [1.29, 1.82) is 0 Å². The van der Waals surface area contributed by atoms with Crippen molar-refractivity contribution in [1.82, 2.24) is 0 Å². The first kappa shape index (κ1) is 21.1. The van der Waals surface area contributed by atoms with Crippen molar-refractivity contribution in [3.05, 3.63) is 89.2 Å². The normalized spacial score (nSPS) is 15.0. The van der Waals surface area contributed by atoms with Crippen LogP contribution < -0.4 is 9.64 Å². The van der Waals surface area contributed by atoms with Gasteiger partial charge in [0.05, 0.1) is 17.8 Å². The predicted octanol–water partition coefficient (Wildman–Crippen LogP) is 4.83. The molecule has 1 aliphatic rings. The molecule has 2 aromatic carbocycles. The minimum Gasteiger partial charge on any atom is -0.490 e. The number of anilines is 1. The summed E-state index contributed by atoms with van der Waals surface area (Å²) in [6, 6.07) is 14.9. The van der Waals surface area contributed by atoms with Gasteiger partial charge in [-0.3, -0.25) is 9.69 Å². The zero-order valence-electron chi connectivity index (χ0n) is 17.5. The zero-order valence-corrected chi connectivity index (χ0v) is 17.5. The highest BCUT2D eigenvalue weighted by Crippen LogP contribution is 2.35. The molecular formula is C25H25NO4. The molecule has 5 heteroatoms. The van der Waals surface area contributed by atoms with E-state index in [4.69, 9.17) is 9.47 Å². The van der Waals surface area contributed by atoms with Crippen molar-refractivity contribution in [2.45, 2.75) is 20.8 Å². The molecule has 30 heavy (non-hydrogen) atoms. The van der Waals surface area contributed by atoms with Crippen molar-refractivity contribution >= 4 is 23.6 Å². The van der Waals surface area contributed by atoms with Gasteiger partial charge in [0, 0.05) is 11.4 Å². The molecule has 0 atom stereocenters. The number of hydrogen-bond acceptors (Lipinski definition) is 4. The van der Waals surface area contributed by atoms with E-state index >= 15 is 0 Å². The first-order chi connectivity index (χ1) is 14.5. The standard InChI is InChI=1S/C25H25NO4/c1-5-14-30-21-9-7-8-19(15-21)16-22-23(25(28)29-6-2)18(4)26(24(22)27)20-12-10-17(3)11-13-20/h5,7-13,15-16H,1,6,14H2,2-4H3. The van der Waals surface area contributed by atoms with E-state index in [-0.39, 0.29) is 18.1 Å². The van der Waals surface area contributed by atoms with E-state index in [1.807, 2.05) is 55.5 Å². The fraction of sp³-hybridized carbons (Fsp3) is 0.200. The van der Waals surface area contributed by atoms with Crippen molar-refractivity contribution in [2.24, 2.45) is 0 Å². The maximum absolute atomic E-state index is 13.3. The molecule has 0 saturated heterocycles. The molecule has 0 N–H and O–H groups in total. The number of allylic oxidation sites excluding steroid dienone is 1. The van der Waals surface area contributed by atoms with Crippen LogP contribution in [0.15, 0.2) is 78.0 Å². The molecule has 0 aromatic heterocycles. The SMILES string of the molecule is C=CCOc1cccc(C=C2C(=O)N(c3ccc(C)cc3)C(C)=C2C(=O)OCC)c1. The highest BCUT2D eigenvalue weighted by molar-refractivity contribution is 6.23. The smallest absolute Gasteiger partial charge is 0.340 e. The first-order valence-corrected chi connectivity index (χ1v) is 9.81. The van der Waals surface area contributed by atoms with Crippen LogP contribution in [0.3, 0.4) is 0 Å². The average molecular weight is 403 g/mol. The Morgan fingerprint density at radius 3 is 2.53 bits per heavy atom. The van der Waals surface area contributed by atoms with Gasteiger partial charge in [0.1, 0.15) is 12.4 Å². The Labute approximate surface area is 176 Å². The number of nitrogens with zero attached hydrogens (tertiary/aromatic N) is 1. The summed E-state index contributed by atoms with van der Waals surface area (Å²) in [5, 5.41) is 0. The number of amides is 1. The Hall–Kier alpha value is -3.60. The third-order valence-corrected chi connectivity index (χ3v) is 4.71. The summed E-state index contributed by atoms with van der Waals surface area (Å²) in [7, 11) is 0. The van der Waals surface area contributed by atoms with Crippen LogP contribution in [0.1, 0.15) is 25.0 Å². The molecular weight excluding hydrogens is 378 g/mol. The summed E-state index contributed by atoms with van der Waals surface area (Å²) >= 11 is 0. The molecule has 0 spiro atoms. The minimum absolute atomic E-state index is 0.229. The third-order valence-electron chi connectivity index (χ3n) is 4.71. The largest absolute Gasteiger partial charge is 0.490 e. The van der Waals surface area contributed by atoms with Crippen LogP contribution in [0.25, 0.3) is 6.08 Å². The van der Waals surface area contributed by atoms with Crippen molar-refractivity contribution in [2.75, 3.05) is 18.1 Å². The summed E-state index contributed by atoms with van der Waals surface area (Å²) in [6.45, 7) is 9.74. The molecule has 3 rings (SSSR count).